The maximum atomic E-state index is 12.3. The van der Waals surface area contributed by atoms with E-state index in [0.29, 0.717) is 6.54 Å². The van der Waals surface area contributed by atoms with E-state index in [0.717, 1.165) is 11.1 Å². The molecule has 0 heterocycles. The van der Waals surface area contributed by atoms with Gasteiger partial charge in [-0.25, -0.2) is 0 Å². The number of anilines is 1. The van der Waals surface area contributed by atoms with Crippen molar-refractivity contribution in [2.24, 2.45) is 0 Å². The normalized spacial score (nSPS) is 11.0. The lowest BCUT2D eigenvalue weighted by molar-refractivity contribution is -0.274. The minimum Gasteiger partial charge on any atom is -0.404 e. The van der Waals surface area contributed by atoms with Crippen LogP contribution < -0.4 is 15.4 Å². The van der Waals surface area contributed by atoms with E-state index in [2.05, 4.69) is 15.4 Å². The summed E-state index contributed by atoms with van der Waals surface area (Å²) in [7, 11) is 0. The summed E-state index contributed by atoms with van der Waals surface area (Å²) in [4.78, 5) is 11.8. The van der Waals surface area contributed by atoms with Gasteiger partial charge in [0.05, 0.1) is 12.2 Å². The van der Waals surface area contributed by atoms with Gasteiger partial charge in [-0.3, -0.25) is 4.79 Å². The zero-order chi connectivity index (χ0) is 17.6. The van der Waals surface area contributed by atoms with Crippen LogP contribution in [-0.2, 0) is 11.3 Å². The van der Waals surface area contributed by atoms with Gasteiger partial charge in [0.2, 0.25) is 5.91 Å². The average molecular weight is 338 g/mol. The Morgan fingerprint density at radius 2 is 1.75 bits per heavy atom. The molecule has 128 valence electrons. The third-order valence-corrected chi connectivity index (χ3v) is 3.16. The van der Waals surface area contributed by atoms with Crippen molar-refractivity contribution < 1.29 is 22.7 Å². The molecule has 0 spiro atoms. The van der Waals surface area contributed by atoms with Crippen LogP contribution in [0.4, 0.5) is 18.9 Å². The number of halogens is 3. The van der Waals surface area contributed by atoms with Gasteiger partial charge in [-0.15, -0.1) is 13.2 Å². The fourth-order valence-electron chi connectivity index (χ4n) is 1.97. The first-order valence-electron chi connectivity index (χ1n) is 7.24. The Morgan fingerprint density at radius 1 is 1.08 bits per heavy atom. The first-order valence-corrected chi connectivity index (χ1v) is 7.24. The zero-order valence-electron chi connectivity index (χ0n) is 13.0. The fraction of sp³-hybridized carbons (Fsp3) is 0.235. The van der Waals surface area contributed by atoms with Crippen LogP contribution in [0.3, 0.4) is 0 Å². The van der Waals surface area contributed by atoms with E-state index in [-0.39, 0.29) is 23.9 Å². The molecule has 2 N–H and O–H groups in total. The van der Waals surface area contributed by atoms with Gasteiger partial charge in [0.1, 0.15) is 0 Å². The molecule has 0 atom stereocenters. The second-order valence-electron chi connectivity index (χ2n) is 5.16. The Balaban J connectivity index is 1.86. The van der Waals surface area contributed by atoms with E-state index in [1.807, 2.05) is 31.2 Å². The number of rotatable bonds is 6. The van der Waals surface area contributed by atoms with Gasteiger partial charge in [-0.1, -0.05) is 42.0 Å². The predicted molar refractivity (Wildman–Crippen MR) is 84.6 cm³/mol. The van der Waals surface area contributed by atoms with Crippen molar-refractivity contribution in [2.45, 2.75) is 19.8 Å². The molecular formula is C17H17F3N2O2. The van der Waals surface area contributed by atoms with Crippen LogP contribution in [-0.4, -0.2) is 18.8 Å². The Kier molecular flexibility index (Phi) is 5.68. The Labute approximate surface area is 137 Å². The van der Waals surface area contributed by atoms with Crippen LogP contribution >= 0.6 is 0 Å². The van der Waals surface area contributed by atoms with Crippen molar-refractivity contribution in [1.82, 2.24) is 5.32 Å². The van der Waals surface area contributed by atoms with E-state index < -0.39 is 6.36 Å². The van der Waals surface area contributed by atoms with Crippen LogP contribution in [0.15, 0.2) is 48.5 Å². The summed E-state index contributed by atoms with van der Waals surface area (Å²) in [5.74, 6) is -0.714. The predicted octanol–water partition coefficient (Wildman–Crippen LogP) is 3.62. The minimum atomic E-state index is -4.79. The molecule has 7 heteroatoms. The number of ether oxygens (including phenoxy) is 1. The highest BCUT2D eigenvalue weighted by molar-refractivity contribution is 5.81. The van der Waals surface area contributed by atoms with E-state index in [1.165, 1.54) is 18.2 Å². The molecule has 0 aromatic heterocycles. The van der Waals surface area contributed by atoms with Gasteiger partial charge in [-0.2, -0.15) is 0 Å². The molecule has 2 aromatic rings. The van der Waals surface area contributed by atoms with E-state index in [1.54, 1.807) is 6.07 Å². The van der Waals surface area contributed by atoms with Crippen LogP contribution in [0.1, 0.15) is 11.1 Å². The summed E-state index contributed by atoms with van der Waals surface area (Å²) in [6.45, 7) is 2.15. The smallest absolute Gasteiger partial charge is 0.404 e. The monoisotopic (exact) mass is 338 g/mol. The molecule has 0 saturated carbocycles. The van der Waals surface area contributed by atoms with Gasteiger partial charge in [-0.05, 0) is 24.6 Å². The van der Waals surface area contributed by atoms with Crippen molar-refractivity contribution >= 4 is 11.6 Å². The standard InChI is InChI=1S/C17H17F3N2O2/c1-12-6-8-13(9-7-12)10-22-16(23)11-21-14-4-2-3-5-15(14)24-17(18,19)20/h2-9,21H,10-11H2,1H3,(H,22,23). The molecule has 4 nitrogen and oxygen atoms in total. The van der Waals surface area contributed by atoms with Crippen molar-refractivity contribution in [3.05, 3.63) is 59.7 Å². The third-order valence-electron chi connectivity index (χ3n) is 3.16. The third kappa shape index (κ3) is 5.83. The molecule has 2 aromatic carbocycles. The molecule has 1 amide bonds. The molecule has 0 saturated heterocycles. The molecule has 0 fully saturated rings. The van der Waals surface area contributed by atoms with Crippen molar-refractivity contribution in [1.29, 1.82) is 0 Å². The molecule has 2 rings (SSSR count). The summed E-state index contributed by atoms with van der Waals surface area (Å²) in [5.41, 5.74) is 2.16. The van der Waals surface area contributed by atoms with E-state index >= 15 is 0 Å². The number of alkyl halides is 3. The first-order chi connectivity index (χ1) is 11.3. The van der Waals surface area contributed by atoms with Crippen molar-refractivity contribution in [2.75, 3.05) is 11.9 Å². The highest BCUT2D eigenvalue weighted by Gasteiger charge is 2.32. The van der Waals surface area contributed by atoms with E-state index in [4.69, 9.17) is 0 Å². The van der Waals surface area contributed by atoms with Crippen LogP contribution in [0.5, 0.6) is 5.75 Å². The quantitative estimate of drug-likeness (QED) is 0.846. The summed E-state index contributed by atoms with van der Waals surface area (Å²) >= 11 is 0. The topological polar surface area (TPSA) is 50.4 Å². The zero-order valence-corrected chi connectivity index (χ0v) is 13.0. The average Bonchev–Trinajstić information content (AvgIpc) is 2.52. The number of benzene rings is 2. The Bertz CT molecular complexity index is 685. The van der Waals surface area contributed by atoms with Crippen LogP contribution in [0, 0.1) is 6.92 Å². The Hall–Kier alpha value is -2.70. The largest absolute Gasteiger partial charge is 0.573 e. The highest BCUT2D eigenvalue weighted by atomic mass is 19.4. The lowest BCUT2D eigenvalue weighted by atomic mass is 10.1. The lowest BCUT2D eigenvalue weighted by Crippen LogP contribution is -2.29. The molecular weight excluding hydrogens is 321 g/mol. The summed E-state index contributed by atoms with van der Waals surface area (Å²) in [6, 6.07) is 13.2. The molecule has 0 bridgehead atoms. The van der Waals surface area contributed by atoms with Gasteiger partial charge in [0.25, 0.3) is 0 Å². The van der Waals surface area contributed by atoms with Crippen LogP contribution in [0.2, 0.25) is 0 Å². The number of para-hydroxylation sites is 2. The van der Waals surface area contributed by atoms with E-state index in [9.17, 15) is 18.0 Å². The van der Waals surface area contributed by atoms with Gasteiger partial charge >= 0.3 is 6.36 Å². The van der Waals surface area contributed by atoms with Crippen molar-refractivity contribution in [3.8, 4) is 5.75 Å². The number of aryl methyl sites for hydroxylation is 1. The summed E-state index contributed by atoms with van der Waals surface area (Å²) in [5, 5.41) is 5.34. The van der Waals surface area contributed by atoms with Gasteiger partial charge in [0.15, 0.2) is 5.75 Å². The summed E-state index contributed by atoms with van der Waals surface area (Å²) < 4.78 is 40.9. The van der Waals surface area contributed by atoms with Crippen molar-refractivity contribution in [3.63, 3.8) is 0 Å². The molecule has 0 aliphatic rings. The number of amides is 1. The second-order valence-corrected chi connectivity index (χ2v) is 5.16. The molecule has 0 aliphatic heterocycles. The minimum absolute atomic E-state index is 0.0975. The lowest BCUT2D eigenvalue weighted by Gasteiger charge is -2.14. The van der Waals surface area contributed by atoms with Gasteiger partial charge in [0, 0.05) is 6.54 Å². The molecule has 24 heavy (non-hydrogen) atoms. The Morgan fingerprint density at radius 3 is 2.42 bits per heavy atom. The van der Waals surface area contributed by atoms with Crippen LogP contribution in [0.25, 0.3) is 0 Å². The first kappa shape index (κ1) is 17.7. The number of carbonyl (C=O) groups is 1. The molecule has 0 aliphatic carbocycles. The van der Waals surface area contributed by atoms with Gasteiger partial charge < -0.3 is 15.4 Å². The highest BCUT2D eigenvalue weighted by Crippen LogP contribution is 2.29. The summed E-state index contributed by atoms with van der Waals surface area (Å²) in [6.07, 6.45) is -4.79. The molecule has 0 radical (unpaired) electrons. The number of hydrogen-bond acceptors (Lipinski definition) is 3. The SMILES string of the molecule is Cc1ccc(CNC(=O)CNc2ccccc2OC(F)(F)F)cc1. The fourth-order valence-corrected chi connectivity index (χ4v) is 1.97. The number of nitrogens with one attached hydrogen (secondary N) is 2. The second kappa shape index (κ2) is 7.72. The molecule has 0 unspecified atom stereocenters. The maximum absolute atomic E-state index is 12.3. The number of hydrogen-bond donors (Lipinski definition) is 2. The maximum Gasteiger partial charge on any atom is 0.573 e. The number of carbonyl (C=O) groups excluding carboxylic acids is 1.